The summed E-state index contributed by atoms with van der Waals surface area (Å²) in [5.74, 6) is -3.17. The van der Waals surface area contributed by atoms with E-state index >= 15 is 0 Å². The number of amides is 6. The summed E-state index contributed by atoms with van der Waals surface area (Å²) in [6.45, 7) is 2.76. The zero-order chi connectivity index (χ0) is 41.6. The minimum Gasteiger partial charge on any atom is -0.351 e. The van der Waals surface area contributed by atoms with Gasteiger partial charge in [0.2, 0.25) is 11.8 Å². The first-order chi connectivity index (χ1) is 27.0. The van der Waals surface area contributed by atoms with E-state index in [4.69, 9.17) is 0 Å². The minimum absolute atomic E-state index is 0. The van der Waals surface area contributed by atoms with Crippen LogP contribution < -0.4 is 31.9 Å². The van der Waals surface area contributed by atoms with Gasteiger partial charge in [-0.05, 0) is 84.8 Å². The molecule has 0 spiro atoms. The molecule has 1 aliphatic rings. The summed E-state index contributed by atoms with van der Waals surface area (Å²) in [4.78, 5) is 81.9. The molecule has 5 rings (SSSR count). The topological polar surface area (TPSA) is 201 Å². The third-order valence-electron chi connectivity index (χ3n) is 9.60. The van der Waals surface area contributed by atoms with Gasteiger partial charge in [0.1, 0.15) is 22.8 Å². The molecule has 6 amide bonds. The second-order valence-electron chi connectivity index (χ2n) is 15.1. The molecule has 0 unspecified atom stereocenters. The predicted molar refractivity (Wildman–Crippen MR) is 225 cm³/mol. The number of aryl methyl sites for hydroxylation is 4. The Labute approximate surface area is 344 Å². The van der Waals surface area contributed by atoms with E-state index in [1.165, 1.54) is 0 Å². The predicted octanol–water partition coefficient (Wildman–Crippen LogP) is 2.54. The quantitative estimate of drug-likeness (QED) is 0.0823. The molecule has 1 aliphatic carbocycles. The molecule has 1 saturated carbocycles. The molecule has 314 valence electrons. The van der Waals surface area contributed by atoms with Crippen LogP contribution in [0.25, 0.3) is 0 Å². The SMILES string of the molecule is CN(C)CCCNC(=O)c1cc(NC(=O)c2cc(NC(=O)[C@@H]3C[C@H]3C(=O)Nc3cc(C(=O)Nc4cc(C(=O)NCCCN(C)C)n(C)c4)n(C)c3)cn2C)cn1C.Cl. The van der Waals surface area contributed by atoms with Crippen LogP contribution in [0.2, 0.25) is 0 Å². The van der Waals surface area contributed by atoms with Crippen LogP contribution in [-0.4, -0.2) is 118 Å². The van der Waals surface area contributed by atoms with Gasteiger partial charge in [0.25, 0.3) is 23.6 Å². The normalized spacial score (nSPS) is 14.4. The summed E-state index contributed by atoms with van der Waals surface area (Å²) in [6, 6.07) is 6.29. The Bertz CT molecular complexity index is 2000. The lowest BCUT2D eigenvalue weighted by atomic mass is 10.2. The van der Waals surface area contributed by atoms with Crippen molar-refractivity contribution in [1.82, 2.24) is 38.7 Å². The molecule has 4 aromatic heterocycles. The number of aromatic nitrogens is 4. The van der Waals surface area contributed by atoms with Crippen LogP contribution in [0.4, 0.5) is 22.7 Å². The zero-order valence-electron chi connectivity index (χ0n) is 34.3. The molecule has 0 aromatic carbocycles. The molecule has 4 heterocycles. The van der Waals surface area contributed by atoms with Crippen molar-refractivity contribution >= 4 is 70.6 Å². The molecule has 0 radical (unpaired) electrons. The van der Waals surface area contributed by atoms with Crippen molar-refractivity contribution in [2.24, 2.45) is 40.0 Å². The number of hydrogen-bond donors (Lipinski definition) is 6. The summed E-state index contributed by atoms with van der Waals surface area (Å²) in [7, 11) is 14.7. The van der Waals surface area contributed by atoms with Gasteiger partial charge in [-0.25, -0.2) is 0 Å². The molecule has 19 heteroatoms. The van der Waals surface area contributed by atoms with E-state index in [2.05, 4.69) is 31.9 Å². The average molecular weight is 823 g/mol. The maximum absolute atomic E-state index is 13.2. The van der Waals surface area contributed by atoms with Crippen LogP contribution in [0, 0.1) is 11.8 Å². The van der Waals surface area contributed by atoms with Crippen LogP contribution in [0.5, 0.6) is 0 Å². The highest BCUT2D eigenvalue weighted by Crippen LogP contribution is 2.40. The molecular formula is C39H55ClN12O6. The highest BCUT2D eigenvalue weighted by Gasteiger charge is 2.48. The Morgan fingerprint density at radius 2 is 0.810 bits per heavy atom. The smallest absolute Gasteiger partial charge is 0.272 e. The summed E-state index contributed by atoms with van der Waals surface area (Å²) in [5, 5.41) is 17.0. The van der Waals surface area contributed by atoms with Gasteiger partial charge in [-0.2, -0.15) is 0 Å². The number of carbonyl (C=O) groups excluding carboxylic acids is 6. The lowest BCUT2D eigenvalue weighted by molar-refractivity contribution is -0.122. The van der Waals surface area contributed by atoms with E-state index in [9.17, 15) is 28.8 Å². The van der Waals surface area contributed by atoms with Crippen molar-refractivity contribution in [3.8, 4) is 0 Å². The van der Waals surface area contributed by atoms with E-state index in [1.807, 2.05) is 38.0 Å². The van der Waals surface area contributed by atoms with Crippen molar-refractivity contribution in [2.75, 3.05) is 75.6 Å². The van der Waals surface area contributed by atoms with E-state index in [0.717, 1.165) is 25.9 Å². The molecule has 2 atom stereocenters. The first-order valence-electron chi connectivity index (χ1n) is 18.8. The molecule has 0 saturated heterocycles. The van der Waals surface area contributed by atoms with Crippen molar-refractivity contribution in [2.45, 2.75) is 19.3 Å². The average Bonchev–Trinajstić information content (AvgIpc) is 3.28. The first kappa shape index (κ1) is 44.9. The summed E-state index contributed by atoms with van der Waals surface area (Å²) >= 11 is 0. The Morgan fingerprint density at radius 3 is 1.12 bits per heavy atom. The number of nitrogens with zero attached hydrogens (tertiary/aromatic N) is 6. The van der Waals surface area contributed by atoms with Gasteiger partial charge < -0.3 is 60.0 Å². The Hall–Kier alpha value is -5.85. The van der Waals surface area contributed by atoms with Crippen molar-refractivity contribution in [3.63, 3.8) is 0 Å². The zero-order valence-corrected chi connectivity index (χ0v) is 35.1. The standard InChI is InChI=1S/C39H54N12O6.ClH/c1-46(2)13-9-11-40-36(54)30-15-26(22-48(30)5)44-38(56)32-17-24(20-50(32)7)42-34(52)28-19-29(28)35(53)43-25-18-33(51(8)21-25)39(57)45-27-16-31(49(6)23-27)37(55)41-12-10-14-47(3)4;/h15-18,20-23,28-29H,9-14,19H2,1-8H3,(H,40,54)(H,41,55)(H,42,52)(H,43,53)(H,44,56)(H,45,57);1H/t28-,29-;/m1./s1. The van der Waals surface area contributed by atoms with E-state index in [-0.39, 0.29) is 47.4 Å². The first-order valence-corrected chi connectivity index (χ1v) is 18.8. The van der Waals surface area contributed by atoms with Gasteiger partial charge in [0, 0.05) is 66.1 Å². The lowest BCUT2D eigenvalue weighted by Gasteiger charge is -2.10. The third kappa shape index (κ3) is 11.6. The number of anilines is 4. The van der Waals surface area contributed by atoms with Gasteiger partial charge in [0.05, 0.1) is 34.6 Å². The van der Waals surface area contributed by atoms with Gasteiger partial charge in [-0.15, -0.1) is 12.4 Å². The molecule has 0 aliphatic heterocycles. The number of nitrogens with one attached hydrogen (secondary N) is 6. The molecule has 1 fully saturated rings. The summed E-state index contributed by atoms with van der Waals surface area (Å²) < 4.78 is 6.44. The fraction of sp³-hybridized carbons (Fsp3) is 0.436. The molecule has 18 nitrogen and oxygen atoms in total. The molecule has 58 heavy (non-hydrogen) atoms. The van der Waals surface area contributed by atoms with E-state index in [0.29, 0.717) is 53.6 Å². The summed E-state index contributed by atoms with van der Waals surface area (Å²) in [5.41, 5.74) is 3.06. The Balaban J connectivity index is 0.00000744. The maximum atomic E-state index is 13.2. The van der Waals surface area contributed by atoms with Crippen molar-refractivity contribution in [1.29, 1.82) is 0 Å². The Morgan fingerprint density at radius 1 is 0.517 bits per heavy atom. The van der Waals surface area contributed by atoms with Gasteiger partial charge >= 0.3 is 0 Å². The molecule has 0 bridgehead atoms. The van der Waals surface area contributed by atoms with Crippen LogP contribution in [0.15, 0.2) is 49.1 Å². The van der Waals surface area contributed by atoms with Crippen LogP contribution in [-0.2, 0) is 37.8 Å². The van der Waals surface area contributed by atoms with Crippen molar-refractivity contribution < 1.29 is 28.8 Å². The van der Waals surface area contributed by atoms with E-state index in [1.54, 1.807) is 95.5 Å². The molecular weight excluding hydrogens is 768 g/mol. The number of halogens is 1. The maximum Gasteiger partial charge on any atom is 0.272 e. The largest absolute Gasteiger partial charge is 0.351 e. The van der Waals surface area contributed by atoms with Crippen molar-refractivity contribution in [3.05, 3.63) is 71.8 Å². The van der Waals surface area contributed by atoms with Crippen LogP contribution in [0.3, 0.4) is 0 Å². The number of hydrogen-bond acceptors (Lipinski definition) is 8. The van der Waals surface area contributed by atoms with Crippen LogP contribution >= 0.6 is 12.4 Å². The second-order valence-corrected chi connectivity index (χ2v) is 15.1. The highest BCUT2D eigenvalue weighted by molar-refractivity contribution is 6.08. The second kappa shape index (κ2) is 19.5. The van der Waals surface area contributed by atoms with Crippen LogP contribution in [0.1, 0.15) is 61.2 Å². The third-order valence-corrected chi connectivity index (χ3v) is 9.60. The fourth-order valence-corrected chi connectivity index (χ4v) is 6.44. The minimum atomic E-state index is -0.566. The fourth-order valence-electron chi connectivity index (χ4n) is 6.44. The van der Waals surface area contributed by atoms with Gasteiger partial charge in [0.15, 0.2) is 0 Å². The molecule has 6 N–H and O–H groups in total. The van der Waals surface area contributed by atoms with E-state index < -0.39 is 23.7 Å². The van der Waals surface area contributed by atoms with Gasteiger partial charge in [-0.3, -0.25) is 28.8 Å². The van der Waals surface area contributed by atoms with Gasteiger partial charge in [-0.1, -0.05) is 0 Å². The number of rotatable bonds is 18. The summed E-state index contributed by atoms with van der Waals surface area (Å²) in [6.07, 6.45) is 8.48. The Kier molecular flexibility index (Phi) is 15.1. The number of carbonyl (C=O) groups is 6. The monoisotopic (exact) mass is 822 g/mol. The highest BCUT2D eigenvalue weighted by atomic mass is 35.5. The molecule has 4 aromatic rings. The lowest BCUT2D eigenvalue weighted by Crippen LogP contribution is -2.28.